The molecule has 0 radical (unpaired) electrons. The van der Waals surface area contributed by atoms with Gasteiger partial charge in [0.05, 0.1) is 12.8 Å². The summed E-state index contributed by atoms with van der Waals surface area (Å²) in [6.45, 7) is 0. The van der Waals surface area contributed by atoms with Gasteiger partial charge in [0.15, 0.2) is 0 Å². The van der Waals surface area contributed by atoms with E-state index in [0.29, 0.717) is 22.8 Å². The van der Waals surface area contributed by atoms with E-state index in [9.17, 15) is 4.79 Å². The summed E-state index contributed by atoms with van der Waals surface area (Å²) in [5.41, 5.74) is 3.01. The van der Waals surface area contributed by atoms with Crippen molar-refractivity contribution in [2.45, 2.75) is 6.42 Å². The standard InChI is InChI=1S/C16H13ClN2O2/c1-21-16(20)14-7-4-8-15-18-12(10-19(14)15)9-11-5-2-3-6-13(11)17/h2-8,10H,9H2,1H3. The summed E-state index contributed by atoms with van der Waals surface area (Å²) in [6, 6.07) is 13.0. The SMILES string of the molecule is COC(=O)c1cccc2nc(Cc3ccccc3Cl)cn12. The second-order valence-corrected chi connectivity index (χ2v) is 5.04. The predicted molar refractivity (Wildman–Crippen MR) is 80.8 cm³/mol. The van der Waals surface area contributed by atoms with Crippen LogP contribution in [0.15, 0.2) is 48.7 Å². The van der Waals surface area contributed by atoms with E-state index >= 15 is 0 Å². The number of esters is 1. The van der Waals surface area contributed by atoms with Gasteiger partial charge >= 0.3 is 5.97 Å². The molecule has 0 fully saturated rings. The van der Waals surface area contributed by atoms with Gasteiger partial charge in [-0.25, -0.2) is 9.78 Å². The van der Waals surface area contributed by atoms with Gasteiger partial charge in [0.2, 0.25) is 0 Å². The van der Waals surface area contributed by atoms with Gasteiger partial charge < -0.3 is 4.74 Å². The zero-order valence-electron chi connectivity index (χ0n) is 11.4. The van der Waals surface area contributed by atoms with Crippen LogP contribution in [0.3, 0.4) is 0 Å². The normalized spacial score (nSPS) is 10.8. The van der Waals surface area contributed by atoms with Gasteiger partial charge in [0, 0.05) is 17.6 Å². The molecule has 0 aliphatic heterocycles. The molecule has 0 aliphatic rings. The number of benzene rings is 1. The van der Waals surface area contributed by atoms with Gasteiger partial charge in [-0.3, -0.25) is 4.40 Å². The molecule has 2 heterocycles. The van der Waals surface area contributed by atoms with Crippen molar-refractivity contribution in [1.82, 2.24) is 9.38 Å². The van der Waals surface area contributed by atoms with Crippen LogP contribution in [0.1, 0.15) is 21.7 Å². The highest BCUT2D eigenvalue weighted by atomic mass is 35.5. The number of nitrogens with zero attached hydrogens (tertiary/aromatic N) is 2. The number of carbonyl (C=O) groups is 1. The predicted octanol–water partition coefficient (Wildman–Crippen LogP) is 3.37. The molecule has 4 nitrogen and oxygen atoms in total. The van der Waals surface area contributed by atoms with Crippen molar-refractivity contribution >= 4 is 23.2 Å². The molecule has 0 N–H and O–H groups in total. The number of aromatic nitrogens is 2. The van der Waals surface area contributed by atoms with Crippen LogP contribution in [-0.2, 0) is 11.2 Å². The van der Waals surface area contributed by atoms with Crippen molar-refractivity contribution < 1.29 is 9.53 Å². The van der Waals surface area contributed by atoms with Gasteiger partial charge in [0.1, 0.15) is 11.3 Å². The number of ether oxygens (including phenoxy) is 1. The van der Waals surface area contributed by atoms with Crippen LogP contribution < -0.4 is 0 Å². The van der Waals surface area contributed by atoms with E-state index in [2.05, 4.69) is 4.98 Å². The Morgan fingerprint density at radius 3 is 2.81 bits per heavy atom. The van der Waals surface area contributed by atoms with Crippen LogP contribution in [0, 0.1) is 0 Å². The summed E-state index contributed by atoms with van der Waals surface area (Å²) >= 11 is 6.17. The summed E-state index contributed by atoms with van der Waals surface area (Å²) in [5, 5.41) is 0.711. The van der Waals surface area contributed by atoms with Crippen molar-refractivity contribution in [3.63, 3.8) is 0 Å². The second-order valence-electron chi connectivity index (χ2n) is 4.63. The van der Waals surface area contributed by atoms with Crippen molar-refractivity contribution in [2.75, 3.05) is 7.11 Å². The monoisotopic (exact) mass is 300 g/mol. The molecule has 0 bridgehead atoms. The Morgan fingerprint density at radius 2 is 2.05 bits per heavy atom. The summed E-state index contributed by atoms with van der Waals surface area (Å²) in [6.07, 6.45) is 2.45. The lowest BCUT2D eigenvalue weighted by molar-refractivity contribution is 0.0592. The van der Waals surface area contributed by atoms with Gasteiger partial charge in [-0.15, -0.1) is 0 Å². The van der Waals surface area contributed by atoms with Crippen LogP contribution in [0.25, 0.3) is 5.65 Å². The minimum absolute atomic E-state index is 0.387. The third kappa shape index (κ3) is 2.62. The Labute approximate surface area is 126 Å². The molecule has 0 atom stereocenters. The van der Waals surface area contributed by atoms with Crippen LogP contribution in [0.4, 0.5) is 0 Å². The molecule has 0 saturated heterocycles. The van der Waals surface area contributed by atoms with Crippen molar-refractivity contribution in [1.29, 1.82) is 0 Å². The maximum Gasteiger partial charge on any atom is 0.355 e. The number of imidazole rings is 1. The highest BCUT2D eigenvalue weighted by Crippen LogP contribution is 2.19. The molecule has 3 rings (SSSR count). The summed E-state index contributed by atoms with van der Waals surface area (Å²) < 4.78 is 6.52. The molecule has 0 amide bonds. The van der Waals surface area contributed by atoms with Crippen molar-refractivity contribution in [3.05, 3.63) is 70.6 Å². The first-order chi connectivity index (χ1) is 10.2. The largest absolute Gasteiger partial charge is 0.464 e. The molecule has 0 spiro atoms. The quantitative estimate of drug-likeness (QED) is 0.697. The molecule has 0 saturated carbocycles. The average molecular weight is 301 g/mol. The van der Waals surface area contributed by atoms with E-state index in [1.807, 2.05) is 36.5 Å². The number of pyridine rings is 1. The van der Waals surface area contributed by atoms with Gasteiger partial charge in [-0.1, -0.05) is 35.9 Å². The summed E-state index contributed by atoms with van der Waals surface area (Å²) in [4.78, 5) is 16.3. The number of carbonyl (C=O) groups excluding carboxylic acids is 1. The zero-order valence-corrected chi connectivity index (χ0v) is 12.2. The average Bonchev–Trinajstić information content (AvgIpc) is 2.91. The topological polar surface area (TPSA) is 43.6 Å². The van der Waals surface area contributed by atoms with E-state index < -0.39 is 0 Å². The molecular weight excluding hydrogens is 288 g/mol. The lowest BCUT2D eigenvalue weighted by Gasteiger charge is -2.02. The van der Waals surface area contributed by atoms with Crippen LogP contribution in [0.5, 0.6) is 0 Å². The number of hydrogen-bond acceptors (Lipinski definition) is 3. The minimum atomic E-state index is -0.387. The van der Waals surface area contributed by atoms with Crippen LogP contribution in [0.2, 0.25) is 5.02 Å². The molecular formula is C16H13ClN2O2. The van der Waals surface area contributed by atoms with Crippen LogP contribution >= 0.6 is 11.6 Å². The van der Waals surface area contributed by atoms with E-state index in [-0.39, 0.29) is 5.97 Å². The molecule has 0 unspecified atom stereocenters. The first kappa shape index (κ1) is 13.6. The summed E-state index contributed by atoms with van der Waals surface area (Å²) in [7, 11) is 1.36. The number of hydrogen-bond donors (Lipinski definition) is 0. The highest BCUT2D eigenvalue weighted by molar-refractivity contribution is 6.31. The molecule has 0 aliphatic carbocycles. The smallest absolute Gasteiger partial charge is 0.355 e. The fourth-order valence-electron chi connectivity index (χ4n) is 2.25. The maximum atomic E-state index is 11.8. The molecule has 21 heavy (non-hydrogen) atoms. The molecule has 106 valence electrons. The minimum Gasteiger partial charge on any atom is -0.464 e. The third-order valence-electron chi connectivity index (χ3n) is 3.27. The summed E-state index contributed by atoms with van der Waals surface area (Å²) in [5.74, 6) is -0.387. The van der Waals surface area contributed by atoms with E-state index in [1.165, 1.54) is 7.11 Å². The second kappa shape index (κ2) is 5.58. The number of halogens is 1. The highest BCUT2D eigenvalue weighted by Gasteiger charge is 2.12. The number of methoxy groups -OCH3 is 1. The fraction of sp³-hybridized carbons (Fsp3) is 0.125. The van der Waals surface area contributed by atoms with E-state index in [0.717, 1.165) is 11.3 Å². The zero-order chi connectivity index (χ0) is 14.8. The van der Waals surface area contributed by atoms with Crippen molar-refractivity contribution in [3.8, 4) is 0 Å². The maximum absolute atomic E-state index is 11.8. The first-order valence-electron chi connectivity index (χ1n) is 6.48. The fourth-order valence-corrected chi connectivity index (χ4v) is 2.46. The van der Waals surface area contributed by atoms with Crippen LogP contribution in [-0.4, -0.2) is 22.5 Å². The van der Waals surface area contributed by atoms with E-state index in [4.69, 9.17) is 16.3 Å². The van der Waals surface area contributed by atoms with Crippen molar-refractivity contribution in [2.24, 2.45) is 0 Å². The molecule has 2 aromatic heterocycles. The Kier molecular flexibility index (Phi) is 3.62. The third-order valence-corrected chi connectivity index (χ3v) is 3.63. The molecule has 3 aromatic rings. The Bertz CT molecular complexity index is 811. The van der Waals surface area contributed by atoms with Gasteiger partial charge in [-0.2, -0.15) is 0 Å². The Hall–Kier alpha value is -2.33. The first-order valence-corrected chi connectivity index (χ1v) is 6.85. The van der Waals surface area contributed by atoms with Gasteiger partial charge in [-0.05, 0) is 23.8 Å². The molecule has 5 heteroatoms. The number of rotatable bonds is 3. The Balaban J connectivity index is 2.02. The Morgan fingerprint density at radius 1 is 1.24 bits per heavy atom. The van der Waals surface area contributed by atoms with Gasteiger partial charge in [0.25, 0.3) is 0 Å². The lowest BCUT2D eigenvalue weighted by atomic mass is 10.1. The molecule has 1 aromatic carbocycles. The number of fused-ring (bicyclic) bond motifs is 1. The van der Waals surface area contributed by atoms with E-state index in [1.54, 1.807) is 16.5 Å². The lowest BCUT2D eigenvalue weighted by Crippen LogP contribution is -2.06.